The minimum absolute atomic E-state index is 0.0303. The average Bonchev–Trinajstić information content (AvgIpc) is 2.91. The minimum atomic E-state index is -4.24. The van der Waals surface area contributed by atoms with Gasteiger partial charge >= 0.3 is 0 Å². The molecule has 1 atom stereocenters. The molecule has 0 radical (unpaired) electrons. The summed E-state index contributed by atoms with van der Waals surface area (Å²) in [5.41, 5.74) is 0.550. The van der Waals surface area contributed by atoms with Gasteiger partial charge in [0, 0.05) is 28.7 Å². The summed E-state index contributed by atoms with van der Waals surface area (Å²) in [5.74, 6) is -0.884. The van der Waals surface area contributed by atoms with Gasteiger partial charge in [-0.2, -0.15) is 0 Å². The topological polar surface area (TPSA) is 86.8 Å². The molecular weight excluding hydrogens is 616 g/mol. The SMILES string of the molecule is CC(C)CNC(=O)[C@@H](C)N(Cc1c(Cl)cccc1Cl)C(=O)CN(c1ccc(Cl)c(Cl)c1)S(=O)(=O)c1ccccc1. The number of hydrogen-bond donors (Lipinski definition) is 1. The Bertz CT molecular complexity index is 1450. The Labute approximate surface area is 255 Å². The van der Waals surface area contributed by atoms with Crippen LogP contribution in [0.2, 0.25) is 20.1 Å². The third-order valence-electron chi connectivity index (χ3n) is 6.04. The van der Waals surface area contributed by atoms with E-state index in [0.717, 1.165) is 4.31 Å². The summed E-state index contributed by atoms with van der Waals surface area (Å²) in [7, 11) is -4.24. The van der Waals surface area contributed by atoms with E-state index in [0.29, 0.717) is 22.2 Å². The zero-order valence-corrected chi connectivity index (χ0v) is 25.9. The predicted molar refractivity (Wildman–Crippen MR) is 162 cm³/mol. The van der Waals surface area contributed by atoms with Crippen molar-refractivity contribution in [1.82, 2.24) is 10.2 Å². The second-order valence-corrected chi connectivity index (χ2v) is 13.0. The molecule has 40 heavy (non-hydrogen) atoms. The smallest absolute Gasteiger partial charge is 0.264 e. The molecule has 0 saturated heterocycles. The zero-order valence-electron chi connectivity index (χ0n) is 22.1. The number of anilines is 1. The van der Waals surface area contributed by atoms with Crippen LogP contribution < -0.4 is 9.62 Å². The molecule has 0 aliphatic carbocycles. The van der Waals surface area contributed by atoms with Crippen LogP contribution in [0.15, 0.2) is 71.6 Å². The second kappa shape index (κ2) is 13.9. The van der Waals surface area contributed by atoms with Crippen molar-refractivity contribution in [3.63, 3.8) is 0 Å². The van der Waals surface area contributed by atoms with E-state index in [1.165, 1.54) is 35.2 Å². The van der Waals surface area contributed by atoms with Gasteiger partial charge in [0.2, 0.25) is 11.8 Å². The fourth-order valence-electron chi connectivity index (χ4n) is 3.78. The molecule has 0 spiro atoms. The van der Waals surface area contributed by atoms with E-state index < -0.39 is 34.4 Å². The molecule has 0 aliphatic rings. The van der Waals surface area contributed by atoms with Gasteiger partial charge in [0.1, 0.15) is 12.6 Å². The lowest BCUT2D eigenvalue weighted by Gasteiger charge is -2.32. The lowest BCUT2D eigenvalue weighted by molar-refractivity contribution is -0.139. The monoisotopic (exact) mass is 643 g/mol. The van der Waals surface area contributed by atoms with Gasteiger partial charge in [0.25, 0.3) is 10.0 Å². The lowest BCUT2D eigenvalue weighted by atomic mass is 10.1. The molecule has 0 bridgehead atoms. The largest absolute Gasteiger partial charge is 0.354 e. The molecule has 1 N–H and O–H groups in total. The third kappa shape index (κ3) is 7.83. The number of halogens is 4. The van der Waals surface area contributed by atoms with Crippen molar-refractivity contribution < 1.29 is 18.0 Å². The summed E-state index contributed by atoms with van der Waals surface area (Å²) in [6.45, 7) is 5.08. The first-order valence-electron chi connectivity index (χ1n) is 12.4. The normalized spacial score (nSPS) is 12.2. The van der Waals surface area contributed by atoms with E-state index >= 15 is 0 Å². The van der Waals surface area contributed by atoms with E-state index in [1.54, 1.807) is 43.3 Å². The molecule has 7 nitrogen and oxygen atoms in total. The van der Waals surface area contributed by atoms with Crippen LogP contribution in [-0.2, 0) is 26.2 Å². The summed E-state index contributed by atoms with van der Waals surface area (Å²) >= 11 is 25.1. The number of carbonyl (C=O) groups is 2. The second-order valence-electron chi connectivity index (χ2n) is 9.46. The molecule has 0 fully saturated rings. The first-order chi connectivity index (χ1) is 18.8. The maximum absolute atomic E-state index is 14.0. The van der Waals surface area contributed by atoms with Crippen LogP contribution in [0, 0.1) is 5.92 Å². The zero-order chi connectivity index (χ0) is 29.6. The van der Waals surface area contributed by atoms with Crippen LogP contribution in [-0.4, -0.2) is 44.3 Å². The Hall–Kier alpha value is -2.49. The Morgan fingerprint density at radius 1 is 0.825 bits per heavy atom. The molecule has 214 valence electrons. The van der Waals surface area contributed by atoms with E-state index in [2.05, 4.69) is 5.32 Å². The molecule has 3 aromatic rings. The van der Waals surface area contributed by atoms with Crippen molar-refractivity contribution in [2.24, 2.45) is 5.92 Å². The number of hydrogen-bond acceptors (Lipinski definition) is 4. The van der Waals surface area contributed by atoms with Crippen molar-refractivity contribution in [3.8, 4) is 0 Å². The molecule has 12 heteroatoms. The van der Waals surface area contributed by atoms with Crippen molar-refractivity contribution in [2.75, 3.05) is 17.4 Å². The Morgan fingerprint density at radius 2 is 1.45 bits per heavy atom. The fraction of sp³-hybridized carbons (Fsp3) is 0.286. The summed E-state index contributed by atoms with van der Waals surface area (Å²) in [5, 5.41) is 3.77. The molecule has 0 aliphatic heterocycles. The Balaban J connectivity index is 2.06. The predicted octanol–water partition coefficient (Wildman–Crippen LogP) is 6.69. The van der Waals surface area contributed by atoms with Gasteiger partial charge in [-0.25, -0.2) is 8.42 Å². The highest BCUT2D eigenvalue weighted by Gasteiger charge is 2.33. The van der Waals surface area contributed by atoms with E-state index in [9.17, 15) is 18.0 Å². The Morgan fingerprint density at radius 3 is 2.02 bits per heavy atom. The van der Waals surface area contributed by atoms with Crippen molar-refractivity contribution in [1.29, 1.82) is 0 Å². The standard InChI is InChI=1S/C28H29Cl4N3O4S/c1-18(2)15-33-28(37)19(3)34(16-22-23(29)10-7-11-24(22)30)27(36)17-35(20-12-13-25(31)26(32)14-20)40(38,39)21-8-5-4-6-9-21/h4-14,18-19H,15-17H2,1-3H3,(H,33,37)/t19-/m1/s1. The maximum Gasteiger partial charge on any atom is 0.264 e. The fourth-order valence-corrected chi connectivity index (χ4v) is 6.01. The number of nitrogens with one attached hydrogen (secondary N) is 1. The Kier molecular flexibility index (Phi) is 11.1. The van der Waals surface area contributed by atoms with Gasteiger partial charge in [-0.1, -0.05) is 84.5 Å². The molecule has 0 aromatic heterocycles. The van der Waals surface area contributed by atoms with Gasteiger partial charge in [-0.3, -0.25) is 13.9 Å². The number of amides is 2. The van der Waals surface area contributed by atoms with Gasteiger partial charge in [0.15, 0.2) is 0 Å². The van der Waals surface area contributed by atoms with Crippen LogP contribution in [0.4, 0.5) is 5.69 Å². The van der Waals surface area contributed by atoms with E-state index in [1.807, 2.05) is 13.8 Å². The summed E-state index contributed by atoms with van der Waals surface area (Å²) in [4.78, 5) is 28.3. The van der Waals surface area contributed by atoms with E-state index in [4.69, 9.17) is 46.4 Å². The quantitative estimate of drug-likeness (QED) is 0.252. The highest BCUT2D eigenvalue weighted by molar-refractivity contribution is 7.92. The van der Waals surface area contributed by atoms with Crippen LogP contribution in [0.1, 0.15) is 26.3 Å². The molecular formula is C28H29Cl4N3O4S. The summed E-state index contributed by atoms with van der Waals surface area (Å²) < 4.78 is 28.5. The van der Waals surface area contributed by atoms with Crippen LogP contribution in [0.3, 0.4) is 0 Å². The number of benzene rings is 3. The average molecular weight is 645 g/mol. The van der Waals surface area contributed by atoms with Gasteiger partial charge in [-0.05, 0) is 55.3 Å². The number of sulfonamides is 1. The van der Waals surface area contributed by atoms with Crippen molar-refractivity contribution >= 4 is 73.9 Å². The van der Waals surface area contributed by atoms with Gasteiger partial charge in [0.05, 0.1) is 20.6 Å². The summed E-state index contributed by atoms with van der Waals surface area (Å²) in [6, 6.07) is 15.9. The van der Waals surface area contributed by atoms with Crippen molar-refractivity contribution in [3.05, 3.63) is 92.4 Å². The minimum Gasteiger partial charge on any atom is -0.354 e. The van der Waals surface area contributed by atoms with E-state index in [-0.39, 0.29) is 33.1 Å². The molecule has 3 rings (SSSR count). The van der Waals surface area contributed by atoms with Crippen LogP contribution in [0.25, 0.3) is 0 Å². The molecule has 2 amide bonds. The summed E-state index contributed by atoms with van der Waals surface area (Å²) in [6.07, 6.45) is 0. The van der Waals surface area contributed by atoms with Crippen molar-refractivity contribution in [2.45, 2.75) is 38.3 Å². The number of nitrogens with zero attached hydrogens (tertiary/aromatic N) is 2. The molecule has 3 aromatic carbocycles. The highest BCUT2D eigenvalue weighted by atomic mass is 35.5. The van der Waals surface area contributed by atoms with Gasteiger partial charge < -0.3 is 10.2 Å². The van der Waals surface area contributed by atoms with Crippen LogP contribution >= 0.6 is 46.4 Å². The van der Waals surface area contributed by atoms with Gasteiger partial charge in [-0.15, -0.1) is 0 Å². The lowest BCUT2D eigenvalue weighted by Crippen LogP contribution is -2.51. The number of carbonyl (C=O) groups excluding carboxylic acids is 2. The number of rotatable bonds is 11. The molecule has 0 heterocycles. The first kappa shape index (κ1) is 32.0. The molecule has 0 unspecified atom stereocenters. The maximum atomic E-state index is 14.0. The molecule has 0 saturated carbocycles. The van der Waals surface area contributed by atoms with Crippen LogP contribution in [0.5, 0.6) is 0 Å². The highest BCUT2D eigenvalue weighted by Crippen LogP contribution is 2.31. The third-order valence-corrected chi connectivity index (χ3v) is 9.28. The first-order valence-corrected chi connectivity index (χ1v) is 15.3.